The molecule has 0 radical (unpaired) electrons. The van der Waals surface area contributed by atoms with E-state index in [1.54, 1.807) is 0 Å². The first-order chi connectivity index (χ1) is 12.2. The summed E-state index contributed by atoms with van der Waals surface area (Å²) < 4.78 is 0. The van der Waals surface area contributed by atoms with E-state index in [4.69, 9.17) is 0 Å². The summed E-state index contributed by atoms with van der Waals surface area (Å²) in [5.41, 5.74) is 0. The van der Waals surface area contributed by atoms with Crippen molar-refractivity contribution < 1.29 is 14.4 Å². The second kappa shape index (κ2) is 8.68. The molecule has 6 heteroatoms. The summed E-state index contributed by atoms with van der Waals surface area (Å²) in [4.78, 5) is 40.6. The summed E-state index contributed by atoms with van der Waals surface area (Å²) in [6.45, 7) is 2.86. The van der Waals surface area contributed by atoms with Crippen LogP contribution in [0.5, 0.6) is 0 Å². The normalized spacial score (nSPS) is 24.8. The Kier molecular flexibility index (Phi) is 6.32. The molecule has 1 unspecified atom stereocenters. The minimum atomic E-state index is -0.289. The van der Waals surface area contributed by atoms with E-state index < -0.39 is 0 Å². The molecule has 140 valence electrons. The van der Waals surface area contributed by atoms with Crippen LogP contribution in [0.1, 0.15) is 64.2 Å². The van der Waals surface area contributed by atoms with Gasteiger partial charge >= 0.3 is 0 Å². The molecule has 3 aliphatic rings. The molecule has 3 fully saturated rings. The standard InChI is InChI=1S/C19H31N3O3/c23-17-10-5-12-21(17)13-6-11-20-18(24)16-9-4-14-22(16)19(25)15-7-2-1-3-8-15/h15-16H,1-14H2,(H,20,24). The van der Waals surface area contributed by atoms with Gasteiger partial charge in [0.05, 0.1) is 0 Å². The Morgan fingerprint density at radius 3 is 2.52 bits per heavy atom. The number of nitrogens with zero attached hydrogens (tertiary/aromatic N) is 2. The second-order valence-corrected chi connectivity index (χ2v) is 7.65. The third-order valence-electron chi connectivity index (χ3n) is 5.87. The lowest BCUT2D eigenvalue weighted by Gasteiger charge is -2.30. The predicted octanol–water partition coefficient (Wildman–Crippen LogP) is 1.69. The summed E-state index contributed by atoms with van der Waals surface area (Å²) in [5.74, 6) is 0.532. The SMILES string of the molecule is O=C(NCCCN1CCCC1=O)C1CCCN1C(=O)C1CCCCC1. The van der Waals surface area contributed by atoms with Crippen LogP contribution >= 0.6 is 0 Å². The molecule has 1 aliphatic carbocycles. The Morgan fingerprint density at radius 1 is 1.00 bits per heavy atom. The molecule has 1 atom stereocenters. The molecule has 3 amide bonds. The number of hydrogen-bond acceptors (Lipinski definition) is 3. The van der Waals surface area contributed by atoms with Gasteiger partial charge < -0.3 is 15.1 Å². The number of likely N-dealkylation sites (tertiary alicyclic amines) is 2. The van der Waals surface area contributed by atoms with E-state index in [1.807, 2.05) is 9.80 Å². The molecule has 0 aromatic rings. The Hall–Kier alpha value is -1.59. The van der Waals surface area contributed by atoms with Gasteiger partial charge in [0.25, 0.3) is 0 Å². The lowest BCUT2D eigenvalue weighted by molar-refractivity contribution is -0.142. The summed E-state index contributed by atoms with van der Waals surface area (Å²) in [6, 6.07) is -0.289. The first kappa shape index (κ1) is 18.2. The van der Waals surface area contributed by atoms with Crippen LogP contribution in [0, 0.1) is 5.92 Å². The number of amides is 3. The summed E-state index contributed by atoms with van der Waals surface area (Å²) in [6.07, 6.45) is 9.54. The molecule has 6 nitrogen and oxygen atoms in total. The Labute approximate surface area is 150 Å². The zero-order valence-corrected chi connectivity index (χ0v) is 15.2. The Bertz CT molecular complexity index is 502. The van der Waals surface area contributed by atoms with Crippen LogP contribution in [0.3, 0.4) is 0 Å². The van der Waals surface area contributed by atoms with E-state index in [0.29, 0.717) is 19.5 Å². The fourth-order valence-corrected chi connectivity index (χ4v) is 4.43. The van der Waals surface area contributed by atoms with Crippen LogP contribution in [0.15, 0.2) is 0 Å². The first-order valence-corrected chi connectivity index (χ1v) is 10.0. The quantitative estimate of drug-likeness (QED) is 0.742. The largest absolute Gasteiger partial charge is 0.354 e. The minimum absolute atomic E-state index is 0.0191. The molecular weight excluding hydrogens is 318 g/mol. The topological polar surface area (TPSA) is 69.7 Å². The van der Waals surface area contributed by atoms with Crippen molar-refractivity contribution in [2.24, 2.45) is 5.92 Å². The minimum Gasteiger partial charge on any atom is -0.354 e. The van der Waals surface area contributed by atoms with Gasteiger partial charge in [-0.1, -0.05) is 19.3 Å². The van der Waals surface area contributed by atoms with E-state index in [9.17, 15) is 14.4 Å². The predicted molar refractivity (Wildman–Crippen MR) is 94.8 cm³/mol. The molecule has 25 heavy (non-hydrogen) atoms. The van der Waals surface area contributed by atoms with E-state index in [0.717, 1.165) is 64.5 Å². The van der Waals surface area contributed by atoms with E-state index in [1.165, 1.54) is 6.42 Å². The van der Waals surface area contributed by atoms with Crippen LogP contribution in [-0.4, -0.2) is 59.7 Å². The first-order valence-electron chi connectivity index (χ1n) is 10.0. The molecule has 1 N–H and O–H groups in total. The monoisotopic (exact) mass is 349 g/mol. The zero-order chi connectivity index (χ0) is 17.6. The average Bonchev–Trinajstić information content (AvgIpc) is 3.28. The van der Waals surface area contributed by atoms with Gasteiger partial charge in [0.1, 0.15) is 6.04 Å². The Balaban J connectivity index is 1.42. The fraction of sp³-hybridized carbons (Fsp3) is 0.842. The molecular formula is C19H31N3O3. The van der Waals surface area contributed by atoms with Crippen molar-refractivity contribution in [1.29, 1.82) is 0 Å². The number of carbonyl (C=O) groups excluding carboxylic acids is 3. The maximum Gasteiger partial charge on any atom is 0.242 e. The lowest BCUT2D eigenvalue weighted by atomic mass is 9.88. The highest BCUT2D eigenvalue weighted by Crippen LogP contribution is 2.28. The van der Waals surface area contributed by atoms with Crippen LogP contribution in [0.4, 0.5) is 0 Å². The number of rotatable bonds is 6. The highest BCUT2D eigenvalue weighted by atomic mass is 16.2. The Morgan fingerprint density at radius 2 is 1.80 bits per heavy atom. The van der Waals surface area contributed by atoms with Gasteiger partial charge in [-0.2, -0.15) is 0 Å². The van der Waals surface area contributed by atoms with Crippen molar-refractivity contribution in [3.05, 3.63) is 0 Å². The van der Waals surface area contributed by atoms with Crippen LogP contribution in [0.25, 0.3) is 0 Å². The fourth-order valence-electron chi connectivity index (χ4n) is 4.43. The van der Waals surface area contributed by atoms with E-state index >= 15 is 0 Å². The molecule has 2 saturated heterocycles. The second-order valence-electron chi connectivity index (χ2n) is 7.65. The maximum atomic E-state index is 12.8. The number of nitrogens with one attached hydrogen (secondary N) is 1. The number of hydrogen-bond donors (Lipinski definition) is 1. The number of carbonyl (C=O) groups is 3. The molecule has 0 aromatic carbocycles. The third-order valence-corrected chi connectivity index (χ3v) is 5.87. The smallest absolute Gasteiger partial charge is 0.242 e. The highest BCUT2D eigenvalue weighted by molar-refractivity contribution is 5.89. The highest BCUT2D eigenvalue weighted by Gasteiger charge is 2.37. The van der Waals surface area contributed by atoms with Crippen molar-refractivity contribution in [1.82, 2.24) is 15.1 Å². The molecule has 0 aromatic heterocycles. The van der Waals surface area contributed by atoms with Gasteiger partial charge in [0.2, 0.25) is 17.7 Å². The van der Waals surface area contributed by atoms with Crippen molar-refractivity contribution in [3.8, 4) is 0 Å². The summed E-state index contributed by atoms with van der Waals surface area (Å²) in [5, 5.41) is 2.98. The van der Waals surface area contributed by atoms with Gasteiger partial charge in [-0.15, -0.1) is 0 Å². The van der Waals surface area contributed by atoms with Crippen molar-refractivity contribution in [2.75, 3.05) is 26.2 Å². The molecule has 1 saturated carbocycles. The maximum absolute atomic E-state index is 12.8. The van der Waals surface area contributed by atoms with Crippen molar-refractivity contribution in [2.45, 2.75) is 70.3 Å². The van der Waals surface area contributed by atoms with Gasteiger partial charge in [0.15, 0.2) is 0 Å². The van der Waals surface area contributed by atoms with Gasteiger partial charge in [-0.05, 0) is 38.5 Å². The third kappa shape index (κ3) is 4.53. The molecule has 2 aliphatic heterocycles. The lowest BCUT2D eigenvalue weighted by Crippen LogP contribution is -2.48. The van der Waals surface area contributed by atoms with Crippen molar-refractivity contribution in [3.63, 3.8) is 0 Å². The van der Waals surface area contributed by atoms with E-state index in [2.05, 4.69) is 5.32 Å². The zero-order valence-electron chi connectivity index (χ0n) is 15.2. The molecule has 3 rings (SSSR count). The van der Waals surface area contributed by atoms with Crippen LogP contribution in [0.2, 0.25) is 0 Å². The van der Waals surface area contributed by atoms with Gasteiger partial charge in [0, 0.05) is 38.5 Å². The summed E-state index contributed by atoms with van der Waals surface area (Å²) >= 11 is 0. The molecule has 2 heterocycles. The van der Waals surface area contributed by atoms with Crippen LogP contribution < -0.4 is 5.32 Å². The van der Waals surface area contributed by atoms with E-state index in [-0.39, 0.29) is 29.7 Å². The molecule has 0 bridgehead atoms. The van der Waals surface area contributed by atoms with Gasteiger partial charge in [-0.25, -0.2) is 0 Å². The van der Waals surface area contributed by atoms with Crippen LogP contribution in [-0.2, 0) is 14.4 Å². The average molecular weight is 349 g/mol. The molecule has 0 spiro atoms. The van der Waals surface area contributed by atoms with Gasteiger partial charge in [-0.3, -0.25) is 14.4 Å². The summed E-state index contributed by atoms with van der Waals surface area (Å²) in [7, 11) is 0. The van der Waals surface area contributed by atoms with Crippen molar-refractivity contribution >= 4 is 17.7 Å².